The molecule has 0 fully saturated rings. The summed E-state index contributed by atoms with van der Waals surface area (Å²) in [6.45, 7) is 1.02. The zero-order chi connectivity index (χ0) is 22.6. The number of ether oxygens (including phenoxy) is 3. The molecule has 0 saturated carbocycles. The Morgan fingerprint density at radius 3 is 2.79 bits per heavy atom. The Morgan fingerprint density at radius 1 is 1.12 bits per heavy atom. The van der Waals surface area contributed by atoms with Crippen molar-refractivity contribution in [2.75, 3.05) is 31.4 Å². The van der Waals surface area contributed by atoms with Gasteiger partial charge in [-0.3, -0.25) is 9.36 Å². The van der Waals surface area contributed by atoms with Crippen molar-refractivity contribution in [3.63, 3.8) is 0 Å². The molecule has 10 heteroatoms. The number of carbonyl (C=O) groups is 1. The topological polar surface area (TPSA) is 87.5 Å². The summed E-state index contributed by atoms with van der Waals surface area (Å²) < 4.78 is 18.6. The van der Waals surface area contributed by atoms with Crippen molar-refractivity contribution < 1.29 is 19.0 Å². The highest BCUT2D eigenvalue weighted by Crippen LogP contribution is 2.35. The molecule has 0 bridgehead atoms. The Balaban J connectivity index is 1.37. The van der Waals surface area contributed by atoms with Crippen LogP contribution in [0.2, 0.25) is 0 Å². The zero-order valence-corrected chi connectivity index (χ0v) is 19.3. The highest BCUT2D eigenvalue weighted by molar-refractivity contribution is 7.99. The SMILES string of the molecule is COc1ccccc1-n1c(SCC(=O)Nc2ccc3c(c2)OCCO3)nnc1-c1cccs1. The van der Waals surface area contributed by atoms with E-state index in [0.29, 0.717) is 47.1 Å². The number of rotatable bonds is 7. The Kier molecular flexibility index (Phi) is 6.18. The van der Waals surface area contributed by atoms with E-state index in [1.54, 1.807) is 36.6 Å². The summed E-state index contributed by atoms with van der Waals surface area (Å²) in [6, 6.07) is 17.0. The molecule has 0 radical (unpaired) electrons. The molecule has 0 aliphatic carbocycles. The molecule has 0 spiro atoms. The van der Waals surface area contributed by atoms with E-state index >= 15 is 0 Å². The average molecular weight is 481 g/mol. The van der Waals surface area contributed by atoms with E-state index in [0.717, 1.165) is 10.6 Å². The van der Waals surface area contributed by atoms with Gasteiger partial charge in [-0.05, 0) is 35.7 Å². The number of aromatic nitrogens is 3. The Labute approximate surface area is 198 Å². The van der Waals surface area contributed by atoms with E-state index in [2.05, 4.69) is 15.5 Å². The number of nitrogens with zero attached hydrogens (tertiary/aromatic N) is 3. The molecule has 1 amide bonds. The van der Waals surface area contributed by atoms with Crippen molar-refractivity contribution in [2.45, 2.75) is 5.16 Å². The number of anilines is 1. The van der Waals surface area contributed by atoms with Crippen LogP contribution in [0.1, 0.15) is 0 Å². The molecule has 168 valence electrons. The molecule has 4 aromatic rings. The second-order valence-corrected chi connectivity index (χ2v) is 8.88. The van der Waals surface area contributed by atoms with E-state index < -0.39 is 0 Å². The number of fused-ring (bicyclic) bond motifs is 1. The molecule has 1 aliphatic rings. The average Bonchev–Trinajstić information content (AvgIpc) is 3.52. The lowest BCUT2D eigenvalue weighted by Crippen LogP contribution is -2.17. The molecule has 8 nitrogen and oxygen atoms in total. The highest BCUT2D eigenvalue weighted by atomic mass is 32.2. The minimum atomic E-state index is -0.163. The molecule has 0 atom stereocenters. The monoisotopic (exact) mass is 480 g/mol. The van der Waals surface area contributed by atoms with E-state index in [9.17, 15) is 4.79 Å². The Bertz CT molecular complexity index is 1270. The minimum Gasteiger partial charge on any atom is -0.495 e. The third-order valence-corrected chi connectivity index (χ3v) is 6.65. The highest BCUT2D eigenvalue weighted by Gasteiger charge is 2.20. The number of amides is 1. The number of hydrogen-bond acceptors (Lipinski definition) is 8. The number of methoxy groups -OCH3 is 1. The van der Waals surface area contributed by atoms with Gasteiger partial charge >= 0.3 is 0 Å². The van der Waals surface area contributed by atoms with E-state index in [-0.39, 0.29) is 11.7 Å². The van der Waals surface area contributed by atoms with Gasteiger partial charge < -0.3 is 19.5 Å². The summed E-state index contributed by atoms with van der Waals surface area (Å²) in [4.78, 5) is 13.6. The van der Waals surface area contributed by atoms with Crippen LogP contribution in [0.15, 0.2) is 65.1 Å². The number of thioether (sulfide) groups is 1. The van der Waals surface area contributed by atoms with E-state index in [4.69, 9.17) is 14.2 Å². The fourth-order valence-corrected chi connectivity index (χ4v) is 4.85. The van der Waals surface area contributed by atoms with E-state index in [1.165, 1.54) is 11.8 Å². The van der Waals surface area contributed by atoms with Gasteiger partial charge in [0.25, 0.3) is 0 Å². The van der Waals surface area contributed by atoms with Gasteiger partial charge in [0.1, 0.15) is 19.0 Å². The quantitative estimate of drug-likeness (QED) is 0.390. The lowest BCUT2D eigenvalue weighted by atomic mass is 10.2. The summed E-state index contributed by atoms with van der Waals surface area (Å²) in [5, 5.41) is 14.3. The van der Waals surface area contributed by atoms with Crippen LogP contribution in [-0.4, -0.2) is 46.7 Å². The van der Waals surface area contributed by atoms with Crippen LogP contribution in [0.3, 0.4) is 0 Å². The number of carbonyl (C=O) groups excluding carboxylic acids is 1. The largest absolute Gasteiger partial charge is 0.495 e. The molecular weight excluding hydrogens is 460 g/mol. The van der Waals surface area contributed by atoms with Crippen LogP contribution in [0.4, 0.5) is 5.69 Å². The maximum Gasteiger partial charge on any atom is 0.234 e. The van der Waals surface area contributed by atoms with Gasteiger partial charge in [0.05, 0.1) is 23.4 Å². The lowest BCUT2D eigenvalue weighted by Gasteiger charge is -2.19. The van der Waals surface area contributed by atoms with Gasteiger partial charge in [-0.2, -0.15) is 0 Å². The predicted molar refractivity (Wildman–Crippen MR) is 128 cm³/mol. The molecule has 5 rings (SSSR count). The fourth-order valence-electron chi connectivity index (χ4n) is 3.41. The van der Waals surface area contributed by atoms with Crippen LogP contribution >= 0.6 is 23.1 Å². The third-order valence-electron chi connectivity index (χ3n) is 4.86. The first-order valence-electron chi connectivity index (χ1n) is 10.2. The zero-order valence-electron chi connectivity index (χ0n) is 17.7. The van der Waals surface area contributed by atoms with Gasteiger partial charge in [0.15, 0.2) is 22.5 Å². The Hall–Kier alpha value is -3.50. The molecule has 33 heavy (non-hydrogen) atoms. The molecule has 1 N–H and O–H groups in total. The second kappa shape index (κ2) is 9.55. The van der Waals surface area contributed by atoms with Crippen molar-refractivity contribution in [1.82, 2.24) is 14.8 Å². The number of nitrogens with one attached hydrogen (secondary N) is 1. The van der Waals surface area contributed by atoms with Crippen molar-refractivity contribution in [3.05, 3.63) is 60.0 Å². The van der Waals surface area contributed by atoms with Crippen molar-refractivity contribution >= 4 is 34.7 Å². The third kappa shape index (κ3) is 4.53. The summed E-state index contributed by atoms with van der Waals surface area (Å²) >= 11 is 2.88. The maximum absolute atomic E-state index is 12.7. The van der Waals surface area contributed by atoms with Crippen LogP contribution in [0.5, 0.6) is 17.2 Å². The Morgan fingerprint density at radius 2 is 1.97 bits per heavy atom. The van der Waals surface area contributed by atoms with Gasteiger partial charge in [-0.15, -0.1) is 21.5 Å². The maximum atomic E-state index is 12.7. The van der Waals surface area contributed by atoms with Crippen molar-refractivity contribution in [1.29, 1.82) is 0 Å². The summed E-state index contributed by atoms with van der Waals surface area (Å²) in [7, 11) is 1.63. The second-order valence-electron chi connectivity index (χ2n) is 6.99. The first-order chi connectivity index (χ1) is 16.2. The summed E-state index contributed by atoms with van der Waals surface area (Å²) in [5.41, 5.74) is 1.46. The number of hydrogen-bond donors (Lipinski definition) is 1. The van der Waals surface area contributed by atoms with Crippen molar-refractivity contribution in [2.24, 2.45) is 0 Å². The van der Waals surface area contributed by atoms with Crippen LogP contribution in [-0.2, 0) is 4.79 Å². The number of para-hydroxylation sites is 2. The van der Waals surface area contributed by atoms with E-state index in [1.807, 2.05) is 46.3 Å². The molecule has 0 unspecified atom stereocenters. The van der Waals surface area contributed by atoms with Gasteiger partial charge in [0.2, 0.25) is 5.91 Å². The van der Waals surface area contributed by atoms with Crippen LogP contribution in [0, 0.1) is 0 Å². The molecule has 3 heterocycles. The number of benzene rings is 2. The number of thiophene rings is 1. The minimum absolute atomic E-state index is 0.159. The van der Waals surface area contributed by atoms with Crippen LogP contribution < -0.4 is 19.5 Å². The molecule has 1 aliphatic heterocycles. The predicted octanol–water partition coefficient (Wildman–Crippen LogP) is 4.51. The lowest BCUT2D eigenvalue weighted by molar-refractivity contribution is -0.113. The molecule has 0 saturated heterocycles. The molecule has 2 aromatic carbocycles. The molecule has 2 aromatic heterocycles. The first-order valence-corrected chi connectivity index (χ1v) is 12.0. The van der Waals surface area contributed by atoms with Gasteiger partial charge in [-0.1, -0.05) is 30.0 Å². The first kappa shape index (κ1) is 21.4. The van der Waals surface area contributed by atoms with Crippen LogP contribution in [0.25, 0.3) is 16.4 Å². The smallest absolute Gasteiger partial charge is 0.234 e. The molecular formula is C23H20N4O4S2. The van der Waals surface area contributed by atoms with Crippen molar-refractivity contribution in [3.8, 4) is 33.6 Å². The van der Waals surface area contributed by atoms with Gasteiger partial charge in [-0.25, -0.2) is 0 Å². The van der Waals surface area contributed by atoms with Gasteiger partial charge in [0, 0.05) is 11.8 Å². The normalized spacial score (nSPS) is 12.4. The summed E-state index contributed by atoms with van der Waals surface area (Å²) in [5.74, 6) is 2.69. The fraction of sp³-hybridized carbons (Fsp3) is 0.174. The standard InChI is InChI=1S/C23H20N4O4S2/c1-29-17-6-3-2-5-16(17)27-22(20-7-4-12-32-20)25-26-23(27)33-14-21(28)24-15-8-9-18-19(13-15)31-11-10-30-18/h2-9,12-13H,10-11,14H2,1H3,(H,24,28). The summed E-state index contributed by atoms with van der Waals surface area (Å²) in [6.07, 6.45) is 0.